The maximum atomic E-state index is 4.18. The van der Waals surface area contributed by atoms with Crippen LogP contribution in [0, 0.1) is 0 Å². The highest BCUT2D eigenvalue weighted by molar-refractivity contribution is 5.08. The van der Waals surface area contributed by atoms with Crippen molar-refractivity contribution in [2.75, 3.05) is 13.1 Å². The Bertz CT molecular complexity index is 248. The summed E-state index contributed by atoms with van der Waals surface area (Å²) in [4.78, 5) is 0. The largest absolute Gasteiger partial charge is 0.316 e. The fourth-order valence-corrected chi connectivity index (χ4v) is 1.89. The summed E-state index contributed by atoms with van der Waals surface area (Å²) in [5, 5.41) is 7.59. The van der Waals surface area contributed by atoms with Gasteiger partial charge in [0.05, 0.1) is 0 Å². The Morgan fingerprint density at radius 1 is 1.67 bits per heavy atom. The van der Waals surface area contributed by atoms with Gasteiger partial charge in [-0.15, -0.1) is 0 Å². The van der Waals surface area contributed by atoms with Crippen LogP contribution < -0.4 is 5.32 Å². The molecule has 2 heterocycles. The quantitative estimate of drug-likeness (QED) is 0.669. The second kappa shape index (κ2) is 3.27. The Balaban J connectivity index is 2.13. The molecule has 1 aliphatic rings. The first-order chi connectivity index (χ1) is 5.88. The van der Waals surface area contributed by atoms with Crippen LogP contribution in [0.15, 0.2) is 12.3 Å². The number of hydrogen-bond donors (Lipinski definition) is 1. The first-order valence-electron chi connectivity index (χ1n) is 4.56. The number of hydrogen-bond acceptors (Lipinski definition) is 2. The minimum absolute atomic E-state index is 0.672. The molecule has 1 aliphatic heterocycles. The Hall–Kier alpha value is -0.830. The first kappa shape index (κ1) is 7.80. The third-order valence-electron chi connectivity index (χ3n) is 2.57. The van der Waals surface area contributed by atoms with Crippen molar-refractivity contribution < 1.29 is 0 Å². The molecular formula is C9H15N3. The smallest absolute Gasteiger partial charge is 0.0492 e. The molecule has 2 rings (SSSR count). The summed E-state index contributed by atoms with van der Waals surface area (Å²) in [6.07, 6.45) is 4.46. The number of nitrogens with zero attached hydrogens (tertiary/aromatic N) is 2. The summed E-state index contributed by atoms with van der Waals surface area (Å²) in [5.74, 6) is 0.672. The molecule has 1 aromatic heterocycles. The minimum Gasteiger partial charge on any atom is -0.316 e. The van der Waals surface area contributed by atoms with Crippen LogP contribution in [-0.2, 0) is 7.05 Å². The van der Waals surface area contributed by atoms with Crippen molar-refractivity contribution in [2.24, 2.45) is 7.05 Å². The van der Waals surface area contributed by atoms with E-state index in [1.165, 1.54) is 25.1 Å². The topological polar surface area (TPSA) is 29.9 Å². The molecule has 12 heavy (non-hydrogen) atoms. The zero-order chi connectivity index (χ0) is 8.39. The lowest BCUT2D eigenvalue weighted by Gasteiger charge is -2.22. The van der Waals surface area contributed by atoms with E-state index in [1.807, 2.05) is 17.9 Å². The average molecular weight is 165 g/mol. The molecule has 1 N–H and O–H groups in total. The van der Waals surface area contributed by atoms with Gasteiger partial charge in [-0.05, 0) is 25.5 Å². The van der Waals surface area contributed by atoms with Gasteiger partial charge in [0.25, 0.3) is 0 Å². The zero-order valence-corrected chi connectivity index (χ0v) is 7.45. The molecule has 0 bridgehead atoms. The molecule has 0 saturated carbocycles. The average Bonchev–Trinajstić information content (AvgIpc) is 2.53. The van der Waals surface area contributed by atoms with Gasteiger partial charge in [0.2, 0.25) is 0 Å². The molecule has 1 atom stereocenters. The van der Waals surface area contributed by atoms with Gasteiger partial charge in [-0.2, -0.15) is 5.10 Å². The summed E-state index contributed by atoms with van der Waals surface area (Å²) in [7, 11) is 2.02. The van der Waals surface area contributed by atoms with E-state index in [2.05, 4.69) is 16.5 Å². The van der Waals surface area contributed by atoms with E-state index in [1.54, 1.807) is 0 Å². The van der Waals surface area contributed by atoms with Gasteiger partial charge in [-0.25, -0.2) is 0 Å². The Morgan fingerprint density at radius 2 is 2.58 bits per heavy atom. The Kier molecular flexibility index (Phi) is 2.13. The van der Waals surface area contributed by atoms with E-state index in [9.17, 15) is 0 Å². The van der Waals surface area contributed by atoms with Gasteiger partial charge < -0.3 is 5.32 Å². The lowest BCUT2D eigenvalue weighted by Crippen LogP contribution is -2.29. The molecule has 0 aromatic carbocycles. The highest BCUT2D eigenvalue weighted by atomic mass is 15.3. The van der Waals surface area contributed by atoms with E-state index in [0.29, 0.717) is 5.92 Å². The molecule has 0 unspecified atom stereocenters. The van der Waals surface area contributed by atoms with Crippen LogP contribution in [0.4, 0.5) is 0 Å². The molecule has 3 nitrogen and oxygen atoms in total. The van der Waals surface area contributed by atoms with E-state index in [4.69, 9.17) is 0 Å². The van der Waals surface area contributed by atoms with Crippen LogP contribution >= 0.6 is 0 Å². The summed E-state index contributed by atoms with van der Waals surface area (Å²) < 4.78 is 1.98. The molecule has 1 fully saturated rings. The number of piperidine rings is 1. The first-order valence-corrected chi connectivity index (χ1v) is 4.56. The van der Waals surface area contributed by atoms with E-state index in [-0.39, 0.29) is 0 Å². The van der Waals surface area contributed by atoms with E-state index >= 15 is 0 Å². The fraction of sp³-hybridized carbons (Fsp3) is 0.667. The van der Waals surface area contributed by atoms with Crippen molar-refractivity contribution in [2.45, 2.75) is 18.8 Å². The number of nitrogens with one attached hydrogen (secondary N) is 1. The van der Waals surface area contributed by atoms with Crippen molar-refractivity contribution in [3.63, 3.8) is 0 Å². The second-order valence-electron chi connectivity index (χ2n) is 3.42. The van der Waals surface area contributed by atoms with Crippen molar-refractivity contribution in [1.29, 1.82) is 0 Å². The Labute approximate surface area is 72.8 Å². The lowest BCUT2D eigenvalue weighted by molar-refractivity contribution is 0.441. The van der Waals surface area contributed by atoms with Crippen LogP contribution in [0.5, 0.6) is 0 Å². The highest BCUT2D eigenvalue weighted by Crippen LogP contribution is 2.21. The molecule has 3 heteroatoms. The molecule has 66 valence electrons. The highest BCUT2D eigenvalue weighted by Gasteiger charge is 2.17. The van der Waals surface area contributed by atoms with E-state index in [0.717, 1.165) is 6.54 Å². The standard InChI is InChI=1S/C9H15N3/c1-12-9(4-6-11-12)8-3-2-5-10-7-8/h4,6,8,10H,2-3,5,7H2,1H3/t8-/m0/s1. The fourth-order valence-electron chi connectivity index (χ4n) is 1.89. The zero-order valence-electron chi connectivity index (χ0n) is 7.45. The molecular weight excluding hydrogens is 150 g/mol. The van der Waals surface area contributed by atoms with Crippen LogP contribution in [0.3, 0.4) is 0 Å². The summed E-state index contributed by atoms with van der Waals surface area (Å²) >= 11 is 0. The monoisotopic (exact) mass is 165 g/mol. The molecule has 1 aromatic rings. The van der Waals surface area contributed by atoms with Crippen LogP contribution in [0.25, 0.3) is 0 Å². The minimum atomic E-state index is 0.672. The molecule has 0 aliphatic carbocycles. The number of aromatic nitrogens is 2. The SMILES string of the molecule is Cn1nccc1[C@H]1CCCNC1. The van der Waals surface area contributed by atoms with Gasteiger partial charge in [0.15, 0.2) is 0 Å². The van der Waals surface area contributed by atoms with Gasteiger partial charge in [0, 0.05) is 31.4 Å². The van der Waals surface area contributed by atoms with Crippen LogP contribution in [-0.4, -0.2) is 22.9 Å². The summed E-state index contributed by atoms with van der Waals surface area (Å²) in [5.41, 5.74) is 1.36. The van der Waals surface area contributed by atoms with Crippen LogP contribution in [0.2, 0.25) is 0 Å². The lowest BCUT2D eigenvalue weighted by atomic mass is 9.96. The van der Waals surface area contributed by atoms with Gasteiger partial charge in [-0.3, -0.25) is 4.68 Å². The maximum Gasteiger partial charge on any atom is 0.0492 e. The second-order valence-corrected chi connectivity index (χ2v) is 3.42. The van der Waals surface area contributed by atoms with E-state index < -0.39 is 0 Å². The van der Waals surface area contributed by atoms with Crippen LogP contribution in [0.1, 0.15) is 24.5 Å². The summed E-state index contributed by atoms with van der Waals surface area (Å²) in [6, 6.07) is 2.12. The predicted molar refractivity (Wildman–Crippen MR) is 48.1 cm³/mol. The number of rotatable bonds is 1. The Morgan fingerprint density at radius 3 is 3.17 bits per heavy atom. The van der Waals surface area contributed by atoms with Crippen molar-refractivity contribution in [1.82, 2.24) is 15.1 Å². The van der Waals surface area contributed by atoms with Gasteiger partial charge >= 0.3 is 0 Å². The maximum absolute atomic E-state index is 4.18. The van der Waals surface area contributed by atoms with Gasteiger partial charge in [0.1, 0.15) is 0 Å². The van der Waals surface area contributed by atoms with Crippen molar-refractivity contribution in [3.8, 4) is 0 Å². The van der Waals surface area contributed by atoms with Gasteiger partial charge in [-0.1, -0.05) is 0 Å². The van der Waals surface area contributed by atoms with Crippen molar-refractivity contribution in [3.05, 3.63) is 18.0 Å². The third kappa shape index (κ3) is 1.37. The molecule has 0 amide bonds. The number of aryl methyl sites for hydroxylation is 1. The molecule has 1 saturated heterocycles. The predicted octanol–water partition coefficient (Wildman–Crippen LogP) is 0.887. The summed E-state index contributed by atoms with van der Waals surface area (Å²) in [6.45, 7) is 2.29. The molecule has 0 spiro atoms. The van der Waals surface area contributed by atoms with Crippen molar-refractivity contribution >= 4 is 0 Å². The third-order valence-corrected chi connectivity index (χ3v) is 2.57. The normalized spacial score (nSPS) is 24.2. The molecule has 0 radical (unpaired) electrons.